The van der Waals surface area contributed by atoms with Gasteiger partial charge in [-0.25, -0.2) is 14.2 Å². The van der Waals surface area contributed by atoms with Gasteiger partial charge in [-0.3, -0.25) is 14.2 Å². The van der Waals surface area contributed by atoms with Crippen LogP contribution in [0.25, 0.3) is 21.3 Å². The van der Waals surface area contributed by atoms with E-state index in [0.717, 1.165) is 21.1 Å². The zero-order valence-electron chi connectivity index (χ0n) is 17.9. The van der Waals surface area contributed by atoms with Crippen LogP contribution in [0.2, 0.25) is 0 Å². The number of benzene rings is 2. The molecule has 0 unspecified atom stereocenters. The highest BCUT2D eigenvalue weighted by Crippen LogP contribution is 2.40. The van der Waals surface area contributed by atoms with Gasteiger partial charge in [0.2, 0.25) is 5.91 Å². The van der Waals surface area contributed by atoms with Crippen LogP contribution in [0, 0.1) is 12.7 Å². The summed E-state index contributed by atoms with van der Waals surface area (Å²) in [5.41, 5.74) is 1.64. The molecule has 0 fully saturated rings. The Morgan fingerprint density at radius 1 is 1.18 bits per heavy atom. The van der Waals surface area contributed by atoms with Crippen LogP contribution >= 0.6 is 11.3 Å². The van der Waals surface area contributed by atoms with Crippen molar-refractivity contribution >= 4 is 39.1 Å². The average Bonchev–Trinajstić information content (AvgIpc) is 3.12. The molecule has 1 N–H and O–H groups in total. The van der Waals surface area contributed by atoms with E-state index in [1.807, 2.05) is 30.3 Å². The molecule has 0 saturated carbocycles. The smallest absolute Gasteiger partial charge is 0.341 e. The fourth-order valence-corrected chi connectivity index (χ4v) is 4.70. The lowest BCUT2D eigenvalue weighted by molar-refractivity contribution is -0.116. The van der Waals surface area contributed by atoms with Gasteiger partial charge in [-0.05, 0) is 37.1 Å². The fourth-order valence-electron chi connectivity index (χ4n) is 3.48. The first-order chi connectivity index (χ1) is 15.9. The Kier molecular flexibility index (Phi) is 6.32. The molecule has 1 amide bonds. The number of fused-ring (bicyclic) bond motifs is 1. The number of nitrogens with one attached hydrogen (secondary N) is 1. The summed E-state index contributed by atoms with van der Waals surface area (Å²) in [4.78, 5) is 43.0. The van der Waals surface area contributed by atoms with Crippen molar-refractivity contribution in [2.24, 2.45) is 0 Å². The second-order valence-electron chi connectivity index (χ2n) is 7.23. The van der Waals surface area contributed by atoms with Gasteiger partial charge in [0.05, 0.1) is 29.4 Å². The van der Waals surface area contributed by atoms with E-state index in [0.29, 0.717) is 10.6 Å². The van der Waals surface area contributed by atoms with Crippen LogP contribution < -0.4 is 10.9 Å². The molecule has 168 valence electrons. The summed E-state index contributed by atoms with van der Waals surface area (Å²) >= 11 is 1.26. The van der Waals surface area contributed by atoms with E-state index in [2.05, 4.69) is 10.3 Å². The van der Waals surface area contributed by atoms with Crippen molar-refractivity contribution in [1.29, 1.82) is 0 Å². The van der Waals surface area contributed by atoms with Crippen LogP contribution in [0.15, 0.2) is 59.7 Å². The van der Waals surface area contributed by atoms with E-state index < -0.39 is 23.3 Å². The molecule has 0 atom stereocenters. The number of amides is 1. The van der Waals surface area contributed by atoms with Gasteiger partial charge in [0.25, 0.3) is 5.56 Å². The normalized spacial score (nSPS) is 10.9. The molecule has 4 rings (SSSR count). The third-order valence-electron chi connectivity index (χ3n) is 5.02. The van der Waals surface area contributed by atoms with Crippen LogP contribution in [0.1, 0.15) is 22.8 Å². The third kappa shape index (κ3) is 4.54. The lowest BCUT2D eigenvalue weighted by Gasteiger charge is -2.09. The number of aromatic nitrogens is 2. The molecule has 0 saturated heterocycles. The van der Waals surface area contributed by atoms with E-state index in [4.69, 9.17) is 4.74 Å². The molecule has 4 aromatic rings. The molecular weight excluding hydrogens is 445 g/mol. The molecule has 9 heteroatoms. The first-order valence-electron chi connectivity index (χ1n) is 10.2. The Morgan fingerprint density at radius 3 is 2.67 bits per heavy atom. The molecule has 2 aromatic carbocycles. The zero-order valence-corrected chi connectivity index (χ0v) is 18.7. The molecule has 0 aliphatic carbocycles. The minimum absolute atomic E-state index is 0.195. The van der Waals surface area contributed by atoms with Crippen LogP contribution in [0.3, 0.4) is 0 Å². The molecule has 0 aliphatic rings. The predicted molar refractivity (Wildman–Crippen MR) is 125 cm³/mol. The summed E-state index contributed by atoms with van der Waals surface area (Å²) in [6, 6.07) is 13.2. The summed E-state index contributed by atoms with van der Waals surface area (Å²) in [5, 5.41) is 3.30. The SMILES string of the molecule is CCOC(=O)c1c(NC(=O)Cn2cnc3cc(F)ccc3c2=O)sc(-c2ccccc2)c1C. The third-order valence-corrected chi connectivity index (χ3v) is 6.27. The van der Waals surface area contributed by atoms with Crippen molar-refractivity contribution in [3.63, 3.8) is 0 Å². The number of esters is 1. The van der Waals surface area contributed by atoms with E-state index in [-0.39, 0.29) is 29.6 Å². The maximum absolute atomic E-state index is 13.4. The van der Waals surface area contributed by atoms with Crippen LogP contribution in [-0.4, -0.2) is 28.0 Å². The molecule has 0 aliphatic heterocycles. The van der Waals surface area contributed by atoms with Crippen molar-refractivity contribution in [2.75, 3.05) is 11.9 Å². The van der Waals surface area contributed by atoms with E-state index >= 15 is 0 Å². The highest BCUT2D eigenvalue weighted by atomic mass is 32.1. The van der Waals surface area contributed by atoms with Crippen LogP contribution in [-0.2, 0) is 16.1 Å². The number of carbonyl (C=O) groups is 2. The van der Waals surface area contributed by atoms with E-state index in [9.17, 15) is 18.8 Å². The summed E-state index contributed by atoms with van der Waals surface area (Å²) in [5.74, 6) is -1.54. The number of hydrogen-bond donors (Lipinski definition) is 1. The Labute approximate surface area is 192 Å². The van der Waals surface area contributed by atoms with Gasteiger partial charge in [-0.15, -0.1) is 11.3 Å². The summed E-state index contributed by atoms with van der Waals surface area (Å²) < 4.78 is 19.7. The Hall–Kier alpha value is -3.85. The topological polar surface area (TPSA) is 90.3 Å². The highest BCUT2D eigenvalue weighted by Gasteiger charge is 2.24. The maximum atomic E-state index is 13.4. The molecule has 0 spiro atoms. The minimum atomic E-state index is -0.532. The van der Waals surface area contributed by atoms with Gasteiger partial charge in [-0.2, -0.15) is 0 Å². The lowest BCUT2D eigenvalue weighted by atomic mass is 10.1. The van der Waals surface area contributed by atoms with Gasteiger partial charge in [0.15, 0.2) is 0 Å². The second kappa shape index (κ2) is 9.33. The quantitative estimate of drug-likeness (QED) is 0.427. The number of nitrogens with zero attached hydrogens (tertiary/aromatic N) is 2. The van der Waals surface area contributed by atoms with Crippen molar-refractivity contribution in [3.05, 3.63) is 82.2 Å². The largest absolute Gasteiger partial charge is 0.462 e. The van der Waals surface area contributed by atoms with Crippen LogP contribution in [0.5, 0.6) is 0 Å². The van der Waals surface area contributed by atoms with E-state index in [1.54, 1.807) is 13.8 Å². The average molecular weight is 466 g/mol. The number of thiophene rings is 1. The van der Waals surface area contributed by atoms with Gasteiger partial charge < -0.3 is 10.1 Å². The van der Waals surface area contributed by atoms with Crippen LogP contribution in [0.4, 0.5) is 9.39 Å². The number of carbonyl (C=O) groups excluding carboxylic acids is 2. The van der Waals surface area contributed by atoms with Crippen molar-refractivity contribution in [3.8, 4) is 10.4 Å². The second-order valence-corrected chi connectivity index (χ2v) is 8.25. The zero-order chi connectivity index (χ0) is 23.5. The standard InChI is InChI=1S/C24H20FN3O4S/c1-3-32-24(31)20-14(2)21(15-7-5-4-6-8-15)33-22(20)27-19(29)12-28-13-26-18-11-16(25)9-10-17(18)23(28)30/h4-11,13H,3,12H2,1-2H3,(H,27,29). The van der Waals surface area contributed by atoms with Gasteiger partial charge in [-0.1, -0.05) is 30.3 Å². The fraction of sp³-hybridized carbons (Fsp3) is 0.167. The number of rotatable bonds is 6. The van der Waals surface area contributed by atoms with Gasteiger partial charge >= 0.3 is 5.97 Å². The summed E-state index contributed by atoms with van der Waals surface area (Å²) in [6.07, 6.45) is 1.20. The maximum Gasteiger partial charge on any atom is 0.341 e. The molecule has 0 radical (unpaired) electrons. The molecule has 33 heavy (non-hydrogen) atoms. The first kappa shape index (κ1) is 22.3. The molecule has 0 bridgehead atoms. The Balaban J connectivity index is 1.65. The highest BCUT2D eigenvalue weighted by molar-refractivity contribution is 7.20. The van der Waals surface area contributed by atoms with Crippen molar-refractivity contribution < 1.29 is 18.7 Å². The number of halogens is 1. The van der Waals surface area contributed by atoms with Gasteiger partial charge in [0, 0.05) is 10.9 Å². The van der Waals surface area contributed by atoms with Crippen molar-refractivity contribution in [2.45, 2.75) is 20.4 Å². The molecule has 2 aromatic heterocycles. The summed E-state index contributed by atoms with van der Waals surface area (Å²) in [6.45, 7) is 3.39. The van der Waals surface area contributed by atoms with E-state index in [1.165, 1.54) is 29.8 Å². The molecule has 2 heterocycles. The monoisotopic (exact) mass is 465 g/mol. The first-order valence-corrected chi connectivity index (χ1v) is 11.0. The predicted octanol–water partition coefficient (Wildman–Crippen LogP) is 4.39. The number of anilines is 1. The molecular formula is C24H20FN3O4S. The Morgan fingerprint density at radius 2 is 1.94 bits per heavy atom. The molecule has 7 nitrogen and oxygen atoms in total. The minimum Gasteiger partial charge on any atom is -0.462 e. The van der Waals surface area contributed by atoms with Gasteiger partial charge in [0.1, 0.15) is 17.4 Å². The Bertz CT molecular complexity index is 1410. The number of ether oxygens (including phenoxy) is 1. The lowest BCUT2D eigenvalue weighted by Crippen LogP contribution is -2.28. The number of hydrogen-bond acceptors (Lipinski definition) is 6. The van der Waals surface area contributed by atoms with Crippen molar-refractivity contribution in [1.82, 2.24) is 9.55 Å². The summed E-state index contributed by atoms with van der Waals surface area (Å²) in [7, 11) is 0.